The zero-order valence-corrected chi connectivity index (χ0v) is 19.1. The van der Waals surface area contributed by atoms with Gasteiger partial charge in [0.1, 0.15) is 5.75 Å². The second-order valence-corrected chi connectivity index (χ2v) is 6.75. The van der Waals surface area contributed by atoms with Gasteiger partial charge in [-0.15, -0.1) is 29.7 Å². The van der Waals surface area contributed by atoms with E-state index in [0.29, 0.717) is 17.6 Å². The van der Waals surface area contributed by atoms with Gasteiger partial charge in [0.2, 0.25) is 0 Å². The molecule has 1 nitrogen and oxygen atoms in total. The van der Waals surface area contributed by atoms with Crippen LogP contribution in [0, 0.1) is 6.92 Å². The predicted molar refractivity (Wildman–Crippen MR) is 101 cm³/mol. The van der Waals surface area contributed by atoms with Gasteiger partial charge in [0.25, 0.3) is 0 Å². The fourth-order valence-corrected chi connectivity index (χ4v) is 2.76. The minimum atomic E-state index is 0. The summed E-state index contributed by atoms with van der Waals surface area (Å²) < 4.78 is 0. The Bertz CT molecular complexity index is 752. The molecule has 3 aromatic rings. The van der Waals surface area contributed by atoms with E-state index >= 15 is 0 Å². The van der Waals surface area contributed by atoms with E-state index in [0.717, 1.165) is 11.1 Å². The van der Waals surface area contributed by atoms with Gasteiger partial charge < -0.3 is 29.9 Å². The van der Waals surface area contributed by atoms with Gasteiger partial charge >= 0.3 is 21.7 Å². The van der Waals surface area contributed by atoms with Gasteiger partial charge in [0.05, 0.1) is 0 Å². The summed E-state index contributed by atoms with van der Waals surface area (Å²) in [5.74, 6) is 1.25. The van der Waals surface area contributed by atoms with Crippen molar-refractivity contribution in [2.75, 3.05) is 0 Å². The second kappa shape index (κ2) is 12.5. The van der Waals surface area contributed by atoms with Crippen LogP contribution in [0.25, 0.3) is 10.8 Å². The fourth-order valence-electron chi connectivity index (χ4n) is 2.76. The summed E-state index contributed by atoms with van der Waals surface area (Å²) in [6, 6.07) is 18.9. The largest absolute Gasteiger partial charge is 3.00 e. The Hall–Kier alpha value is -0.856. The van der Waals surface area contributed by atoms with Crippen molar-refractivity contribution in [2.24, 2.45) is 0 Å². The molecule has 0 saturated carbocycles. The molecule has 1 radical (unpaired) electrons. The first-order valence-corrected chi connectivity index (χ1v) is 8.34. The molecule has 0 aliphatic heterocycles. The number of para-hydroxylation sites is 1. The molecule has 26 heavy (non-hydrogen) atoms. The van der Waals surface area contributed by atoms with Crippen LogP contribution in [0.5, 0.6) is 5.75 Å². The standard InChI is InChI=1S/C12H18O.C10H9.2ClH.Ti/c1-8(2)10-6-5-7-11(9(3)4)12(10)13;1-8-5-6-9-3-2-4-10(9)7-8;;;/h5-9,13H,1-4H3;2-7H,1H3;2*1H;/q;-1;;;+3/p-2. The Kier molecular flexibility index (Phi) is 13.2. The first-order valence-electron chi connectivity index (χ1n) is 8.34. The zero-order chi connectivity index (χ0) is 17.0. The first kappa shape index (κ1) is 27.4. The minimum Gasteiger partial charge on any atom is -1.00 e. The maximum absolute atomic E-state index is 9.93. The Morgan fingerprint density at radius 3 is 1.88 bits per heavy atom. The summed E-state index contributed by atoms with van der Waals surface area (Å²) in [4.78, 5) is 0. The second-order valence-electron chi connectivity index (χ2n) is 6.75. The SMILES string of the molecule is CC(C)c1cccc(C(C)C)c1O.Cc1ccc2[cH-]ccc2c1.[Cl-].[Cl-].[Ti+3]. The van der Waals surface area contributed by atoms with E-state index in [2.05, 4.69) is 71.0 Å². The van der Waals surface area contributed by atoms with Crippen LogP contribution in [0.2, 0.25) is 0 Å². The van der Waals surface area contributed by atoms with E-state index in [1.165, 1.54) is 16.3 Å². The van der Waals surface area contributed by atoms with Crippen LogP contribution in [0.1, 0.15) is 56.2 Å². The first-order chi connectivity index (χ1) is 10.9. The van der Waals surface area contributed by atoms with E-state index in [4.69, 9.17) is 0 Å². The van der Waals surface area contributed by atoms with Crippen molar-refractivity contribution < 1.29 is 51.6 Å². The quantitative estimate of drug-likeness (QED) is 0.468. The summed E-state index contributed by atoms with van der Waals surface area (Å²) in [5, 5.41) is 12.6. The van der Waals surface area contributed by atoms with Gasteiger partial charge in [-0.2, -0.15) is 17.5 Å². The summed E-state index contributed by atoms with van der Waals surface area (Å²) in [6.45, 7) is 10.5. The molecule has 0 atom stereocenters. The molecular formula is C22H27Cl2OTi. The summed E-state index contributed by atoms with van der Waals surface area (Å²) in [5.41, 5.74) is 3.43. The number of halogens is 2. The molecule has 0 spiro atoms. The van der Waals surface area contributed by atoms with Crippen LogP contribution in [-0.4, -0.2) is 5.11 Å². The van der Waals surface area contributed by atoms with Crippen molar-refractivity contribution in [3.8, 4) is 5.75 Å². The third-order valence-electron chi connectivity index (χ3n) is 4.14. The molecule has 0 amide bonds. The van der Waals surface area contributed by atoms with Crippen molar-refractivity contribution in [1.82, 2.24) is 0 Å². The van der Waals surface area contributed by atoms with Crippen LogP contribution in [0.4, 0.5) is 0 Å². The Balaban J connectivity index is 0. The number of benzene rings is 2. The Morgan fingerprint density at radius 1 is 0.846 bits per heavy atom. The molecule has 3 aromatic carbocycles. The number of aryl methyl sites for hydroxylation is 1. The third kappa shape index (κ3) is 7.04. The van der Waals surface area contributed by atoms with E-state index in [1.807, 2.05) is 18.2 Å². The molecule has 1 N–H and O–H groups in total. The maximum atomic E-state index is 9.93. The van der Waals surface area contributed by atoms with Crippen LogP contribution in [-0.2, 0) is 21.7 Å². The predicted octanol–water partition coefficient (Wildman–Crippen LogP) is 0.512. The average Bonchev–Trinajstić information content (AvgIpc) is 2.94. The molecule has 4 heteroatoms. The summed E-state index contributed by atoms with van der Waals surface area (Å²) >= 11 is 0. The summed E-state index contributed by atoms with van der Waals surface area (Å²) in [7, 11) is 0. The smallest absolute Gasteiger partial charge is 1.00 e. The molecular weight excluding hydrogens is 399 g/mol. The van der Waals surface area contributed by atoms with Crippen molar-refractivity contribution in [2.45, 2.75) is 46.5 Å². The average molecular weight is 426 g/mol. The van der Waals surface area contributed by atoms with E-state index < -0.39 is 0 Å². The Morgan fingerprint density at radius 2 is 1.38 bits per heavy atom. The van der Waals surface area contributed by atoms with E-state index in [-0.39, 0.29) is 46.5 Å². The van der Waals surface area contributed by atoms with Crippen LogP contribution in [0.15, 0.2) is 54.6 Å². The van der Waals surface area contributed by atoms with Crippen LogP contribution in [0.3, 0.4) is 0 Å². The molecule has 0 fully saturated rings. The number of rotatable bonds is 2. The third-order valence-corrected chi connectivity index (χ3v) is 4.14. The van der Waals surface area contributed by atoms with Gasteiger partial charge in [-0.3, -0.25) is 0 Å². The van der Waals surface area contributed by atoms with Gasteiger partial charge in [-0.05, 0) is 29.9 Å². The number of fused-ring (bicyclic) bond motifs is 1. The van der Waals surface area contributed by atoms with E-state index in [9.17, 15) is 5.11 Å². The molecule has 139 valence electrons. The number of hydrogen-bond acceptors (Lipinski definition) is 1. The van der Waals surface area contributed by atoms with Crippen LogP contribution >= 0.6 is 0 Å². The van der Waals surface area contributed by atoms with Gasteiger partial charge in [-0.25, -0.2) is 0 Å². The number of phenolic OH excluding ortho intramolecular Hbond substituents is 1. The molecule has 0 unspecified atom stereocenters. The van der Waals surface area contributed by atoms with Gasteiger partial charge in [0, 0.05) is 0 Å². The monoisotopic (exact) mass is 425 g/mol. The van der Waals surface area contributed by atoms with Crippen molar-refractivity contribution in [3.63, 3.8) is 0 Å². The van der Waals surface area contributed by atoms with E-state index in [1.54, 1.807) is 0 Å². The Labute approximate surface area is 185 Å². The zero-order valence-electron chi connectivity index (χ0n) is 16.1. The van der Waals surface area contributed by atoms with Gasteiger partial charge in [-0.1, -0.05) is 51.5 Å². The fraction of sp³-hybridized carbons (Fsp3) is 0.318. The number of aromatic hydroxyl groups is 1. The van der Waals surface area contributed by atoms with Gasteiger partial charge in [0.15, 0.2) is 0 Å². The molecule has 0 saturated heterocycles. The van der Waals surface area contributed by atoms with Crippen LogP contribution < -0.4 is 24.8 Å². The molecule has 0 heterocycles. The molecule has 3 rings (SSSR count). The molecule has 0 bridgehead atoms. The normalized spacial score (nSPS) is 9.65. The summed E-state index contributed by atoms with van der Waals surface area (Å²) in [6.07, 6.45) is 0. The molecule has 0 aliphatic rings. The molecule has 0 aliphatic carbocycles. The molecule has 0 aromatic heterocycles. The topological polar surface area (TPSA) is 20.2 Å². The minimum absolute atomic E-state index is 0. The van der Waals surface area contributed by atoms with Crippen molar-refractivity contribution in [3.05, 3.63) is 71.3 Å². The number of phenols is 1. The van der Waals surface area contributed by atoms with Crippen molar-refractivity contribution >= 4 is 10.8 Å². The number of hydrogen-bond donors (Lipinski definition) is 1. The van der Waals surface area contributed by atoms with Crippen molar-refractivity contribution in [1.29, 1.82) is 0 Å². The maximum Gasteiger partial charge on any atom is 3.00 e.